The molecule has 0 amide bonds. The lowest BCUT2D eigenvalue weighted by Crippen LogP contribution is -2.20. The van der Waals surface area contributed by atoms with E-state index >= 15 is 4.39 Å². The molecule has 2 aromatic carbocycles. The number of aryl methyl sites for hydroxylation is 1. The summed E-state index contributed by atoms with van der Waals surface area (Å²) in [6, 6.07) is 13.2. The molecule has 0 bridgehead atoms. The number of fused-ring (bicyclic) bond motifs is 1. The van der Waals surface area contributed by atoms with Crippen LogP contribution in [0, 0.1) is 12.7 Å². The largest absolute Gasteiger partial charge is 0.354 e. The van der Waals surface area contributed by atoms with E-state index < -0.39 is 11.5 Å². The summed E-state index contributed by atoms with van der Waals surface area (Å²) in [7, 11) is 0. The molecule has 0 radical (unpaired) electrons. The van der Waals surface area contributed by atoms with E-state index in [0.717, 1.165) is 42.5 Å². The van der Waals surface area contributed by atoms with Crippen molar-refractivity contribution in [1.82, 2.24) is 14.5 Å². The molecule has 170 valence electrons. The van der Waals surface area contributed by atoms with Gasteiger partial charge < -0.3 is 10.7 Å². The van der Waals surface area contributed by atoms with Crippen molar-refractivity contribution in [2.24, 2.45) is 5.73 Å². The molecule has 0 spiro atoms. The minimum absolute atomic E-state index is 0.0145. The maximum absolute atomic E-state index is 15.1. The van der Waals surface area contributed by atoms with E-state index in [1.54, 1.807) is 12.3 Å². The molecule has 7 heteroatoms. The fraction of sp³-hybridized carbons (Fsp3) is 0.308. The standard InChI is InChI=1S/C26H26ClFN4O/c1-15-3-5-19(6-4-15)32-14-17-11-22(30-24(17)31-25(32)33)20-12-18(13-21(27)23(20)28)26(9-10-26)8-7-16(2)29/h3-6,11-14,16H,7-10,29H2,1-2H3,(H,30,31,33)/t16-/m0/s1. The van der Waals surface area contributed by atoms with Gasteiger partial charge in [0.1, 0.15) is 5.65 Å². The van der Waals surface area contributed by atoms with Crippen LogP contribution in [0.2, 0.25) is 5.02 Å². The molecule has 33 heavy (non-hydrogen) atoms. The van der Waals surface area contributed by atoms with E-state index in [9.17, 15) is 4.79 Å². The minimum Gasteiger partial charge on any atom is -0.339 e. The van der Waals surface area contributed by atoms with Gasteiger partial charge in [0.05, 0.1) is 16.4 Å². The van der Waals surface area contributed by atoms with Crippen LogP contribution < -0.4 is 11.4 Å². The highest BCUT2D eigenvalue weighted by molar-refractivity contribution is 6.31. The first-order chi connectivity index (χ1) is 15.8. The third kappa shape index (κ3) is 4.09. The van der Waals surface area contributed by atoms with Gasteiger partial charge in [-0.05, 0) is 80.8 Å². The molecular weight excluding hydrogens is 439 g/mol. The average molecular weight is 465 g/mol. The average Bonchev–Trinajstić information content (AvgIpc) is 3.47. The molecule has 1 saturated carbocycles. The highest BCUT2D eigenvalue weighted by atomic mass is 35.5. The van der Waals surface area contributed by atoms with Crippen LogP contribution in [0.25, 0.3) is 28.0 Å². The second-order valence-corrected chi connectivity index (χ2v) is 9.74. The van der Waals surface area contributed by atoms with Gasteiger partial charge in [-0.25, -0.2) is 9.18 Å². The first-order valence-corrected chi connectivity index (χ1v) is 11.6. The van der Waals surface area contributed by atoms with Gasteiger partial charge >= 0.3 is 5.69 Å². The van der Waals surface area contributed by atoms with E-state index in [4.69, 9.17) is 17.3 Å². The lowest BCUT2D eigenvalue weighted by Gasteiger charge is -2.19. The monoisotopic (exact) mass is 464 g/mol. The molecule has 1 aliphatic rings. The SMILES string of the molecule is Cc1ccc(-n2cc3cc(-c4cc(C5(CC[C@H](C)N)CC5)cc(Cl)c4F)[nH]c3nc2=O)cc1. The zero-order valence-corrected chi connectivity index (χ0v) is 19.4. The van der Waals surface area contributed by atoms with Crippen molar-refractivity contribution in [2.75, 3.05) is 0 Å². The highest BCUT2D eigenvalue weighted by Gasteiger charge is 2.44. The van der Waals surface area contributed by atoms with E-state index in [1.165, 1.54) is 4.57 Å². The van der Waals surface area contributed by atoms with Gasteiger partial charge in [0, 0.05) is 23.2 Å². The van der Waals surface area contributed by atoms with E-state index in [0.29, 0.717) is 22.3 Å². The van der Waals surface area contributed by atoms with Crippen LogP contribution in [-0.2, 0) is 5.41 Å². The number of halogens is 2. The van der Waals surface area contributed by atoms with Crippen LogP contribution in [0.4, 0.5) is 4.39 Å². The number of hydrogen-bond donors (Lipinski definition) is 2. The van der Waals surface area contributed by atoms with Gasteiger partial charge in [-0.15, -0.1) is 0 Å². The Morgan fingerprint density at radius 2 is 1.97 bits per heavy atom. The fourth-order valence-corrected chi connectivity index (χ4v) is 4.68. The van der Waals surface area contributed by atoms with Gasteiger partial charge in [-0.2, -0.15) is 4.98 Å². The van der Waals surface area contributed by atoms with Gasteiger partial charge in [0.25, 0.3) is 0 Å². The molecule has 1 aliphatic carbocycles. The molecule has 2 heterocycles. The van der Waals surface area contributed by atoms with E-state index in [1.807, 2.05) is 50.2 Å². The maximum Gasteiger partial charge on any atom is 0.354 e. The molecule has 4 aromatic rings. The first kappa shape index (κ1) is 21.9. The number of aromatic nitrogens is 3. The number of H-pyrrole nitrogens is 1. The summed E-state index contributed by atoms with van der Waals surface area (Å²) in [5.74, 6) is -0.483. The van der Waals surface area contributed by atoms with E-state index in [2.05, 4.69) is 9.97 Å². The van der Waals surface area contributed by atoms with Crippen LogP contribution >= 0.6 is 11.6 Å². The molecule has 0 saturated heterocycles. The Morgan fingerprint density at radius 1 is 1.24 bits per heavy atom. The predicted molar refractivity (Wildman–Crippen MR) is 131 cm³/mol. The zero-order chi connectivity index (χ0) is 23.3. The Kier molecular flexibility index (Phi) is 5.38. The quantitative estimate of drug-likeness (QED) is 0.387. The molecular formula is C26H26ClFN4O. The molecule has 2 aromatic heterocycles. The smallest absolute Gasteiger partial charge is 0.339 e. The summed E-state index contributed by atoms with van der Waals surface area (Å²) in [6.07, 6.45) is 5.68. The van der Waals surface area contributed by atoms with Crippen molar-refractivity contribution in [3.63, 3.8) is 0 Å². The summed E-state index contributed by atoms with van der Waals surface area (Å²) in [4.78, 5) is 19.9. The molecule has 1 fully saturated rings. The van der Waals surface area contributed by atoms with Gasteiger partial charge in [-0.1, -0.05) is 29.3 Å². The molecule has 5 nitrogen and oxygen atoms in total. The second kappa shape index (κ2) is 8.12. The summed E-state index contributed by atoms with van der Waals surface area (Å²) < 4.78 is 16.6. The first-order valence-electron chi connectivity index (χ1n) is 11.2. The van der Waals surface area contributed by atoms with Gasteiger partial charge in [-0.3, -0.25) is 4.57 Å². The third-order valence-electron chi connectivity index (χ3n) is 6.68. The summed E-state index contributed by atoms with van der Waals surface area (Å²) in [5, 5.41) is 0.810. The van der Waals surface area contributed by atoms with Crippen molar-refractivity contribution < 1.29 is 4.39 Å². The maximum atomic E-state index is 15.1. The molecule has 1 atom stereocenters. The normalized spacial score (nSPS) is 15.7. The molecule has 5 rings (SSSR count). The van der Waals surface area contributed by atoms with Crippen molar-refractivity contribution >= 4 is 22.6 Å². The van der Waals surface area contributed by atoms with Crippen LogP contribution in [-0.4, -0.2) is 20.6 Å². The summed E-state index contributed by atoms with van der Waals surface area (Å²) in [5.41, 5.74) is 9.79. The molecule has 0 unspecified atom stereocenters. The van der Waals surface area contributed by atoms with Crippen LogP contribution in [0.1, 0.15) is 43.7 Å². The Morgan fingerprint density at radius 3 is 2.64 bits per heavy atom. The lowest BCUT2D eigenvalue weighted by atomic mass is 9.88. The summed E-state index contributed by atoms with van der Waals surface area (Å²) >= 11 is 6.32. The summed E-state index contributed by atoms with van der Waals surface area (Å²) in [6.45, 7) is 3.99. The number of hydrogen-bond acceptors (Lipinski definition) is 3. The van der Waals surface area contributed by atoms with Crippen molar-refractivity contribution in [3.8, 4) is 16.9 Å². The van der Waals surface area contributed by atoms with Crippen molar-refractivity contribution in [1.29, 1.82) is 0 Å². The number of nitrogens with one attached hydrogen (secondary N) is 1. The Balaban J connectivity index is 1.57. The van der Waals surface area contributed by atoms with Crippen LogP contribution in [0.3, 0.4) is 0 Å². The van der Waals surface area contributed by atoms with Gasteiger partial charge in [0.2, 0.25) is 0 Å². The number of nitrogens with two attached hydrogens (primary N) is 1. The fourth-order valence-electron chi connectivity index (χ4n) is 4.46. The zero-order valence-electron chi connectivity index (χ0n) is 18.7. The van der Waals surface area contributed by atoms with Gasteiger partial charge in [0.15, 0.2) is 5.82 Å². The number of aromatic amines is 1. The van der Waals surface area contributed by atoms with Crippen molar-refractivity contribution in [2.45, 2.75) is 51.0 Å². The highest BCUT2D eigenvalue weighted by Crippen LogP contribution is 2.53. The molecule has 0 aliphatic heterocycles. The Bertz CT molecular complexity index is 1400. The van der Waals surface area contributed by atoms with E-state index in [-0.39, 0.29) is 16.5 Å². The minimum atomic E-state index is -0.483. The molecule has 3 N–H and O–H groups in total. The second-order valence-electron chi connectivity index (χ2n) is 9.33. The number of benzene rings is 2. The topological polar surface area (TPSA) is 76.7 Å². The third-order valence-corrected chi connectivity index (χ3v) is 6.96. The predicted octanol–water partition coefficient (Wildman–Crippen LogP) is 5.64. The number of rotatable bonds is 6. The number of nitrogens with zero attached hydrogens (tertiary/aromatic N) is 2. The van der Waals surface area contributed by atoms with Crippen LogP contribution in [0.15, 0.2) is 53.5 Å². The lowest BCUT2D eigenvalue weighted by molar-refractivity contribution is 0.532. The Labute approximate surface area is 196 Å². The Hall–Kier alpha value is -2.96. The van der Waals surface area contributed by atoms with Crippen molar-refractivity contribution in [3.05, 3.63) is 81.1 Å². The van der Waals surface area contributed by atoms with Crippen LogP contribution in [0.5, 0.6) is 0 Å².